The van der Waals surface area contributed by atoms with E-state index in [1.165, 1.54) is 12.1 Å². The highest BCUT2D eigenvalue weighted by Crippen LogP contribution is 2.31. The Morgan fingerprint density at radius 1 is 1.22 bits per heavy atom. The van der Waals surface area contributed by atoms with E-state index in [1.54, 1.807) is 13.0 Å². The molecular formula is C11H18N2O4S. The van der Waals surface area contributed by atoms with Crippen molar-refractivity contribution in [3.63, 3.8) is 0 Å². The molecule has 4 N–H and O–H groups in total. The topological polar surface area (TPSA) is 98.7 Å². The molecule has 0 aliphatic rings. The summed E-state index contributed by atoms with van der Waals surface area (Å²) in [5.41, 5.74) is 0.400. The van der Waals surface area contributed by atoms with E-state index in [9.17, 15) is 18.6 Å². The Hall–Kier alpha value is -1.31. The number of sulfonamides is 1. The van der Waals surface area contributed by atoms with Gasteiger partial charge in [-0.25, -0.2) is 13.1 Å². The fourth-order valence-corrected chi connectivity index (χ4v) is 2.08. The number of benzene rings is 1. The van der Waals surface area contributed by atoms with E-state index in [-0.39, 0.29) is 24.1 Å². The van der Waals surface area contributed by atoms with Crippen LogP contribution in [-0.2, 0) is 10.0 Å². The molecule has 0 aliphatic carbocycles. The first-order valence-electron chi connectivity index (χ1n) is 5.50. The summed E-state index contributed by atoms with van der Waals surface area (Å²) in [5.74, 6) is 0.0112. The number of phenols is 2. The van der Waals surface area contributed by atoms with Crippen molar-refractivity contribution in [1.82, 2.24) is 10.0 Å². The first-order valence-corrected chi connectivity index (χ1v) is 7.39. The largest absolute Gasteiger partial charge is 0.507 e. The van der Waals surface area contributed by atoms with Gasteiger partial charge in [-0.15, -0.1) is 0 Å². The van der Waals surface area contributed by atoms with Gasteiger partial charge in [-0.05, 0) is 19.1 Å². The second-order valence-electron chi connectivity index (χ2n) is 4.05. The van der Waals surface area contributed by atoms with Crippen molar-refractivity contribution < 1.29 is 18.6 Å². The van der Waals surface area contributed by atoms with Crippen LogP contribution in [0.5, 0.6) is 11.5 Å². The van der Waals surface area contributed by atoms with Gasteiger partial charge in [0.1, 0.15) is 11.5 Å². The maximum Gasteiger partial charge on any atom is 0.208 e. The number of hydrogen-bond donors (Lipinski definition) is 4. The van der Waals surface area contributed by atoms with Crippen molar-refractivity contribution in [2.75, 3.05) is 19.3 Å². The molecule has 0 saturated heterocycles. The van der Waals surface area contributed by atoms with Gasteiger partial charge in [0.25, 0.3) is 0 Å². The van der Waals surface area contributed by atoms with Gasteiger partial charge in [0.2, 0.25) is 10.0 Å². The smallest absolute Gasteiger partial charge is 0.208 e. The molecule has 102 valence electrons. The quantitative estimate of drug-likeness (QED) is 0.559. The molecule has 1 unspecified atom stereocenters. The third kappa shape index (κ3) is 4.52. The number of rotatable bonds is 6. The van der Waals surface area contributed by atoms with Crippen molar-refractivity contribution in [3.05, 3.63) is 23.8 Å². The molecule has 18 heavy (non-hydrogen) atoms. The van der Waals surface area contributed by atoms with Gasteiger partial charge in [-0.1, -0.05) is 6.07 Å². The lowest BCUT2D eigenvalue weighted by Gasteiger charge is -2.16. The molecule has 1 aromatic carbocycles. The van der Waals surface area contributed by atoms with Crippen LogP contribution in [0.15, 0.2) is 18.2 Å². The van der Waals surface area contributed by atoms with Crippen LogP contribution in [0.3, 0.4) is 0 Å². The average molecular weight is 274 g/mol. The Labute approximate surface area is 107 Å². The monoisotopic (exact) mass is 274 g/mol. The van der Waals surface area contributed by atoms with Gasteiger partial charge < -0.3 is 15.5 Å². The van der Waals surface area contributed by atoms with Crippen molar-refractivity contribution >= 4 is 10.0 Å². The molecule has 0 saturated carbocycles. The molecule has 0 bridgehead atoms. The summed E-state index contributed by atoms with van der Waals surface area (Å²) in [4.78, 5) is 0. The van der Waals surface area contributed by atoms with Crippen LogP contribution < -0.4 is 10.0 Å². The van der Waals surface area contributed by atoms with Crippen LogP contribution >= 0.6 is 0 Å². The van der Waals surface area contributed by atoms with Gasteiger partial charge in [0.15, 0.2) is 0 Å². The average Bonchev–Trinajstić information content (AvgIpc) is 2.23. The van der Waals surface area contributed by atoms with Crippen LogP contribution in [0.2, 0.25) is 0 Å². The Kier molecular flexibility index (Phi) is 4.94. The molecule has 6 nitrogen and oxygen atoms in total. The van der Waals surface area contributed by atoms with E-state index in [4.69, 9.17) is 0 Å². The van der Waals surface area contributed by atoms with Gasteiger partial charge in [0, 0.05) is 19.1 Å². The fourth-order valence-electron chi connectivity index (χ4n) is 1.61. The fraction of sp³-hybridized carbons (Fsp3) is 0.455. The van der Waals surface area contributed by atoms with Crippen LogP contribution in [0.4, 0.5) is 0 Å². The molecule has 0 heterocycles. The zero-order valence-electron chi connectivity index (χ0n) is 10.3. The van der Waals surface area contributed by atoms with Crippen molar-refractivity contribution in [1.29, 1.82) is 0 Å². The Bertz CT molecular complexity index is 482. The summed E-state index contributed by atoms with van der Waals surface area (Å²) in [6.07, 6.45) is 1.09. The first kappa shape index (κ1) is 14.7. The zero-order valence-corrected chi connectivity index (χ0v) is 11.2. The summed E-state index contributed by atoms with van der Waals surface area (Å²) < 4.78 is 24.0. The highest BCUT2D eigenvalue weighted by Gasteiger charge is 2.14. The molecule has 0 aromatic heterocycles. The second-order valence-corrected chi connectivity index (χ2v) is 5.89. The molecule has 0 radical (unpaired) electrons. The number of hydrogen-bond acceptors (Lipinski definition) is 5. The van der Waals surface area contributed by atoms with Crippen molar-refractivity contribution in [2.45, 2.75) is 13.0 Å². The Balaban J connectivity index is 2.53. The van der Waals surface area contributed by atoms with Crippen molar-refractivity contribution in [3.8, 4) is 11.5 Å². The minimum absolute atomic E-state index is 0.00562. The maximum atomic E-state index is 10.8. The summed E-state index contributed by atoms with van der Waals surface area (Å²) in [6.45, 7) is 2.41. The third-order valence-corrected chi connectivity index (χ3v) is 3.16. The molecule has 1 rings (SSSR count). The predicted octanol–water partition coefficient (Wildman–Crippen LogP) is 0.298. The number of aromatic hydroxyl groups is 2. The lowest BCUT2D eigenvalue weighted by Crippen LogP contribution is -2.32. The summed E-state index contributed by atoms with van der Waals surface area (Å²) in [6, 6.07) is 4.24. The maximum absolute atomic E-state index is 10.8. The SMILES string of the molecule is CC(NCCNS(C)(=O)=O)c1c(O)cccc1O. The van der Waals surface area contributed by atoms with Crippen LogP contribution in [0.25, 0.3) is 0 Å². The predicted molar refractivity (Wildman–Crippen MR) is 69.0 cm³/mol. The molecule has 1 aromatic rings. The van der Waals surface area contributed by atoms with Crippen LogP contribution in [0.1, 0.15) is 18.5 Å². The van der Waals surface area contributed by atoms with Gasteiger partial charge in [-0.3, -0.25) is 0 Å². The minimum Gasteiger partial charge on any atom is -0.507 e. The molecule has 0 aliphatic heterocycles. The Morgan fingerprint density at radius 2 is 1.78 bits per heavy atom. The van der Waals surface area contributed by atoms with Gasteiger partial charge in [-0.2, -0.15) is 0 Å². The Morgan fingerprint density at radius 3 is 2.28 bits per heavy atom. The first-order chi connectivity index (χ1) is 8.31. The highest BCUT2D eigenvalue weighted by atomic mass is 32.2. The number of phenolic OH excluding ortho intramolecular Hbond substituents is 2. The van der Waals surface area contributed by atoms with Gasteiger partial charge in [0.05, 0.1) is 11.8 Å². The molecule has 0 spiro atoms. The normalized spacial score (nSPS) is 13.4. The molecule has 0 amide bonds. The molecule has 1 atom stereocenters. The summed E-state index contributed by atoms with van der Waals surface area (Å²) in [7, 11) is -3.19. The minimum atomic E-state index is -3.19. The molecule has 0 fully saturated rings. The summed E-state index contributed by atoms with van der Waals surface area (Å²) in [5, 5.41) is 22.3. The van der Waals surface area contributed by atoms with E-state index >= 15 is 0 Å². The second kappa shape index (κ2) is 6.03. The van der Waals surface area contributed by atoms with Crippen molar-refractivity contribution in [2.24, 2.45) is 0 Å². The lowest BCUT2D eigenvalue weighted by molar-refractivity contribution is 0.419. The number of nitrogens with one attached hydrogen (secondary N) is 2. The van der Waals surface area contributed by atoms with E-state index in [0.29, 0.717) is 12.1 Å². The van der Waals surface area contributed by atoms with E-state index in [1.807, 2.05) is 0 Å². The van der Waals surface area contributed by atoms with Crippen LogP contribution in [-0.4, -0.2) is 38.0 Å². The van der Waals surface area contributed by atoms with E-state index in [2.05, 4.69) is 10.0 Å². The summed E-state index contributed by atoms with van der Waals surface area (Å²) >= 11 is 0. The molecular weight excluding hydrogens is 256 g/mol. The zero-order chi connectivity index (χ0) is 13.8. The van der Waals surface area contributed by atoms with Crippen LogP contribution in [0, 0.1) is 0 Å². The van der Waals surface area contributed by atoms with Gasteiger partial charge >= 0.3 is 0 Å². The lowest BCUT2D eigenvalue weighted by atomic mass is 10.1. The standard InChI is InChI=1S/C11H18N2O4S/c1-8(12-6-7-13-18(2,16)17)11-9(14)4-3-5-10(11)15/h3-5,8,12-15H,6-7H2,1-2H3. The highest BCUT2D eigenvalue weighted by molar-refractivity contribution is 7.88. The van der Waals surface area contributed by atoms with E-state index < -0.39 is 10.0 Å². The third-order valence-electron chi connectivity index (χ3n) is 2.43. The molecule has 7 heteroatoms. The van der Waals surface area contributed by atoms with E-state index in [0.717, 1.165) is 6.26 Å².